The lowest BCUT2D eigenvalue weighted by Crippen LogP contribution is -2.36. The molecule has 144 valence electrons. The molecule has 3 aromatic rings. The molecule has 6 nitrogen and oxygen atoms in total. The van der Waals surface area contributed by atoms with Gasteiger partial charge in [0.05, 0.1) is 12.8 Å². The SMILES string of the molecule is CCNC(=NCc1ccccc1)NCc1ccc(NC(=O)c2ccco2)cc1. The van der Waals surface area contributed by atoms with Gasteiger partial charge in [0.1, 0.15) is 0 Å². The Morgan fingerprint density at radius 2 is 1.71 bits per heavy atom. The first-order valence-electron chi connectivity index (χ1n) is 9.24. The number of hydrogen-bond donors (Lipinski definition) is 3. The highest BCUT2D eigenvalue weighted by Gasteiger charge is 2.08. The van der Waals surface area contributed by atoms with E-state index >= 15 is 0 Å². The number of furan rings is 1. The first-order chi connectivity index (χ1) is 13.7. The van der Waals surface area contributed by atoms with Gasteiger partial charge < -0.3 is 20.4 Å². The molecule has 1 aromatic heterocycles. The summed E-state index contributed by atoms with van der Waals surface area (Å²) >= 11 is 0. The van der Waals surface area contributed by atoms with E-state index < -0.39 is 0 Å². The fourth-order valence-corrected chi connectivity index (χ4v) is 2.59. The molecule has 0 atom stereocenters. The molecule has 0 unspecified atom stereocenters. The summed E-state index contributed by atoms with van der Waals surface area (Å²) in [5.74, 6) is 0.788. The molecule has 1 amide bonds. The summed E-state index contributed by atoms with van der Waals surface area (Å²) in [5, 5.41) is 9.38. The lowest BCUT2D eigenvalue weighted by Gasteiger charge is -2.12. The number of carbonyl (C=O) groups excluding carboxylic acids is 1. The number of guanidine groups is 1. The minimum absolute atomic E-state index is 0.265. The largest absolute Gasteiger partial charge is 0.459 e. The molecular formula is C22H24N4O2. The Hall–Kier alpha value is -3.54. The Morgan fingerprint density at radius 3 is 2.39 bits per heavy atom. The second-order valence-electron chi connectivity index (χ2n) is 6.16. The third kappa shape index (κ3) is 5.74. The van der Waals surface area contributed by atoms with E-state index in [0.29, 0.717) is 13.1 Å². The lowest BCUT2D eigenvalue weighted by molar-refractivity contribution is 0.0996. The average molecular weight is 376 g/mol. The van der Waals surface area contributed by atoms with E-state index in [9.17, 15) is 4.79 Å². The average Bonchev–Trinajstić information content (AvgIpc) is 3.27. The molecule has 28 heavy (non-hydrogen) atoms. The Labute approximate surface area is 164 Å². The van der Waals surface area contributed by atoms with Gasteiger partial charge in [-0.1, -0.05) is 42.5 Å². The molecule has 3 rings (SSSR count). The molecule has 6 heteroatoms. The highest BCUT2D eigenvalue weighted by molar-refractivity contribution is 6.02. The molecule has 0 aliphatic heterocycles. The number of nitrogens with zero attached hydrogens (tertiary/aromatic N) is 1. The smallest absolute Gasteiger partial charge is 0.291 e. The Kier molecular flexibility index (Phi) is 6.84. The zero-order chi connectivity index (χ0) is 19.6. The van der Waals surface area contributed by atoms with Gasteiger partial charge in [-0.25, -0.2) is 4.99 Å². The standard InChI is InChI=1S/C22H24N4O2/c1-2-23-22(24-15-17-7-4-3-5-8-17)25-16-18-10-12-19(13-11-18)26-21(27)20-9-6-14-28-20/h3-14H,2,15-16H2,1H3,(H,26,27)(H2,23,24,25). The summed E-state index contributed by atoms with van der Waals surface area (Å²) in [4.78, 5) is 16.6. The van der Waals surface area contributed by atoms with Crippen LogP contribution in [0, 0.1) is 0 Å². The number of carbonyl (C=O) groups is 1. The molecule has 1 heterocycles. The molecule has 2 aromatic carbocycles. The molecule has 0 aliphatic rings. The Bertz CT molecular complexity index is 888. The van der Waals surface area contributed by atoms with Crippen molar-refractivity contribution in [3.63, 3.8) is 0 Å². The summed E-state index contributed by atoms with van der Waals surface area (Å²) in [6.45, 7) is 4.08. The predicted octanol–water partition coefficient (Wildman–Crippen LogP) is 3.79. The second kappa shape index (κ2) is 9.97. The van der Waals surface area contributed by atoms with E-state index in [2.05, 4.69) is 33.1 Å². The van der Waals surface area contributed by atoms with Crippen molar-refractivity contribution in [3.8, 4) is 0 Å². The minimum Gasteiger partial charge on any atom is -0.459 e. The van der Waals surface area contributed by atoms with Crippen LogP contribution in [0.1, 0.15) is 28.6 Å². The van der Waals surface area contributed by atoms with Gasteiger partial charge in [-0.05, 0) is 42.3 Å². The van der Waals surface area contributed by atoms with Crippen LogP contribution in [0.2, 0.25) is 0 Å². The van der Waals surface area contributed by atoms with Crippen LogP contribution in [0.5, 0.6) is 0 Å². The highest BCUT2D eigenvalue weighted by atomic mass is 16.3. The van der Waals surface area contributed by atoms with E-state index in [-0.39, 0.29) is 11.7 Å². The van der Waals surface area contributed by atoms with Crippen LogP contribution >= 0.6 is 0 Å². The van der Waals surface area contributed by atoms with Gasteiger partial charge >= 0.3 is 0 Å². The number of hydrogen-bond acceptors (Lipinski definition) is 3. The number of nitrogens with one attached hydrogen (secondary N) is 3. The van der Waals surface area contributed by atoms with Crippen molar-refractivity contribution in [2.75, 3.05) is 11.9 Å². The minimum atomic E-state index is -0.265. The van der Waals surface area contributed by atoms with E-state index in [1.165, 1.54) is 6.26 Å². The summed E-state index contributed by atoms with van der Waals surface area (Å²) < 4.78 is 5.09. The molecule has 0 saturated heterocycles. The van der Waals surface area contributed by atoms with Crippen molar-refractivity contribution < 1.29 is 9.21 Å². The highest BCUT2D eigenvalue weighted by Crippen LogP contribution is 2.12. The maximum Gasteiger partial charge on any atom is 0.291 e. The predicted molar refractivity (Wildman–Crippen MR) is 111 cm³/mol. The molecule has 0 saturated carbocycles. The quantitative estimate of drug-likeness (QED) is 0.433. The maximum absolute atomic E-state index is 12.0. The molecule has 3 N–H and O–H groups in total. The van der Waals surface area contributed by atoms with Crippen LogP contribution in [0.15, 0.2) is 82.4 Å². The fraction of sp³-hybridized carbons (Fsp3) is 0.182. The summed E-state index contributed by atoms with van der Waals surface area (Å²) in [6, 6.07) is 21.1. The number of anilines is 1. The normalized spacial score (nSPS) is 11.1. The third-order valence-corrected chi connectivity index (χ3v) is 4.02. The fourth-order valence-electron chi connectivity index (χ4n) is 2.59. The van der Waals surface area contributed by atoms with Crippen LogP contribution in [0.4, 0.5) is 5.69 Å². The van der Waals surface area contributed by atoms with Crippen LogP contribution < -0.4 is 16.0 Å². The molecule has 0 aliphatic carbocycles. The van der Waals surface area contributed by atoms with Gasteiger partial charge in [0.25, 0.3) is 5.91 Å². The first-order valence-corrected chi connectivity index (χ1v) is 9.24. The van der Waals surface area contributed by atoms with Gasteiger partial charge in [0.15, 0.2) is 11.7 Å². The number of aliphatic imine (C=N–C) groups is 1. The molecule has 0 radical (unpaired) electrons. The van der Waals surface area contributed by atoms with Crippen molar-refractivity contribution in [3.05, 3.63) is 89.9 Å². The lowest BCUT2D eigenvalue weighted by atomic mass is 10.2. The van der Waals surface area contributed by atoms with Gasteiger partial charge in [-0.15, -0.1) is 0 Å². The summed E-state index contributed by atoms with van der Waals surface area (Å²) in [6.07, 6.45) is 1.48. The van der Waals surface area contributed by atoms with E-state index in [1.54, 1.807) is 12.1 Å². The van der Waals surface area contributed by atoms with E-state index in [1.807, 2.05) is 49.4 Å². The molecule has 0 fully saturated rings. The van der Waals surface area contributed by atoms with E-state index in [4.69, 9.17) is 4.42 Å². The zero-order valence-electron chi connectivity index (χ0n) is 15.8. The summed E-state index contributed by atoms with van der Waals surface area (Å²) in [5.41, 5.74) is 2.97. The Balaban J connectivity index is 1.54. The van der Waals surface area contributed by atoms with Crippen LogP contribution in [-0.2, 0) is 13.1 Å². The number of rotatable bonds is 7. The van der Waals surface area contributed by atoms with Gasteiger partial charge in [0.2, 0.25) is 0 Å². The van der Waals surface area contributed by atoms with Crippen LogP contribution in [0.25, 0.3) is 0 Å². The number of benzene rings is 2. The maximum atomic E-state index is 12.0. The van der Waals surface area contributed by atoms with Crippen molar-refractivity contribution in [1.82, 2.24) is 10.6 Å². The van der Waals surface area contributed by atoms with Crippen molar-refractivity contribution in [2.45, 2.75) is 20.0 Å². The van der Waals surface area contributed by atoms with Crippen molar-refractivity contribution in [2.24, 2.45) is 4.99 Å². The third-order valence-electron chi connectivity index (χ3n) is 4.02. The van der Waals surface area contributed by atoms with Crippen LogP contribution in [-0.4, -0.2) is 18.4 Å². The topological polar surface area (TPSA) is 78.7 Å². The Morgan fingerprint density at radius 1 is 0.929 bits per heavy atom. The molecule has 0 spiro atoms. The molecule has 0 bridgehead atoms. The van der Waals surface area contributed by atoms with Crippen molar-refractivity contribution in [1.29, 1.82) is 0 Å². The van der Waals surface area contributed by atoms with Gasteiger partial charge in [0, 0.05) is 18.8 Å². The van der Waals surface area contributed by atoms with Crippen LogP contribution in [0.3, 0.4) is 0 Å². The second-order valence-corrected chi connectivity index (χ2v) is 6.16. The zero-order valence-corrected chi connectivity index (χ0v) is 15.8. The van der Waals surface area contributed by atoms with Gasteiger partial charge in [-0.2, -0.15) is 0 Å². The number of amides is 1. The summed E-state index contributed by atoms with van der Waals surface area (Å²) in [7, 11) is 0. The van der Waals surface area contributed by atoms with Crippen molar-refractivity contribution >= 4 is 17.6 Å². The molecular weight excluding hydrogens is 352 g/mol. The first kappa shape index (κ1) is 19.2. The van der Waals surface area contributed by atoms with Gasteiger partial charge in [-0.3, -0.25) is 4.79 Å². The van der Waals surface area contributed by atoms with E-state index in [0.717, 1.165) is 29.3 Å². The monoisotopic (exact) mass is 376 g/mol.